The molecule has 2 aliphatic rings. The van der Waals surface area contributed by atoms with Gasteiger partial charge in [-0.05, 0) is 73.3 Å². The number of ketones is 2. The van der Waals surface area contributed by atoms with Gasteiger partial charge in [-0.2, -0.15) is 0 Å². The van der Waals surface area contributed by atoms with Crippen molar-refractivity contribution in [2.24, 2.45) is 22.7 Å². The molecule has 1 aromatic rings. The first-order valence-electron chi connectivity index (χ1n) is 15.5. The number of carbonyl (C=O) groups is 2. The van der Waals surface area contributed by atoms with Gasteiger partial charge < -0.3 is 10.2 Å². The minimum atomic E-state index is -0.0762. The summed E-state index contributed by atoms with van der Waals surface area (Å²) in [6.07, 6.45) is 13.9. The number of aliphatic hydroxyl groups excluding tert-OH is 2. The van der Waals surface area contributed by atoms with Crippen LogP contribution < -0.4 is 0 Å². The number of aliphatic hydroxyl groups is 2. The molecule has 3 rings (SSSR count). The molecule has 0 aliphatic heterocycles. The third kappa shape index (κ3) is 8.49. The van der Waals surface area contributed by atoms with Crippen LogP contribution in [0.15, 0.2) is 24.3 Å². The monoisotopic (exact) mass is 526 g/mol. The number of hydrogen-bond acceptors (Lipinski definition) is 4. The summed E-state index contributed by atoms with van der Waals surface area (Å²) in [7, 11) is 0. The van der Waals surface area contributed by atoms with Gasteiger partial charge in [0.1, 0.15) is 11.6 Å². The summed E-state index contributed by atoms with van der Waals surface area (Å²) in [6, 6.07) is 8.33. The molecule has 4 unspecified atom stereocenters. The summed E-state index contributed by atoms with van der Waals surface area (Å²) >= 11 is 0. The Bertz CT molecular complexity index is 829. The Hall–Kier alpha value is -1.52. The number of Topliss-reactive ketones (excluding diaryl/α,β-unsaturated/α-hetero) is 2. The topological polar surface area (TPSA) is 74.6 Å². The Morgan fingerprint density at radius 2 is 1.05 bits per heavy atom. The van der Waals surface area contributed by atoms with Crippen LogP contribution in [0.2, 0.25) is 0 Å². The van der Waals surface area contributed by atoms with Gasteiger partial charge >= 0.3 is 0 Å². The number of benzene rings is 1. The van der Waals surface area contributed by atoms with E-state index in [0.717, 1.165) is 101 Å². The van der Waals surface area contributed by atoms with Crippen molar-refractivity contribution in [3.8, 4) is 0 Å². The predicted molar refractivity (Wildman–Crippen MR) is 155 cm³/mol. The van der Waals surface area contributed by atoms with Crippen LogP contribution in [0.25, 0.3) is 0 Å². The molecule has 4 atom stereocenters. The first-order valence-corrected chi connectivity index (χ1v) is 15.5. The maximum atomic E-state index is 13.7. The van der Waals surface area contributed by atoms with Gasteiger partial charge in [-0.25, -0.2) is 0 Å². The van der Waals surface area contributed by atoms with Crippen LogP contribution in [0.3, 0.4) is 0 Å². The van der Waals surface area contributed by atoms with E-state index in [2.05, 4.69) is 39.8 Å². The molecule has 2 saturated carbocycles. The average molecular weight is 527 g/mol. The Labute approximate surface area is 232 Å². The highest BCUT2D eigenvalue weighted by Crippen LogP contribution is 2.42. The number of carbonyl (C=O) groups excluding carboxylic acids is 2. The third-order valence-corrected chi connectivity index (χ3v) is 9.50. The molecule has 1 aromatic carbocycles. The van der Waals surface area contributed by atoms with E-state index in [1.54, 1.807) is 0 Å². The molecule has 0 radical (unpaired) electrons. The zero-order valence-electron chi connectivity index (χ0n) is 24.6. The molecule has 38 heavy (non-hydrogen) atoms. The normalized spacial score (nSPS) is 25.1. The number of rotatable bonds is 14. The summed E-state index contributed by atoms with van der Waals surface area (Å²) in [5, 5.41) is 19.0. The standard InChI is InChI=1S/C34H54O4/c1-33(2,23-35)21-9-7-13-25-15-11-19-29(31(25)37)27-17-5-6-18-28(27)30-20-12-16-26(32(30)38)14-8-10-22-34(3,4)24-36/h5-6,17-18,25-26,29-30,35-36H,7-16,19-24H2,1-4H3. The molecule has 2 fully saturated rings. The van der Waals surface area contributed by atoms with Gasteiger partial charge in [0, 0.05) is 36.9 Å². The Morgan fingerprint density at radius 1 is 0.658 bits per heavy atom. The average Bonchev–Trinajstić information content (AvgIpc) is 2.91. The van der Waals surface area contributed by atoms with Crippen LogP contribution in [-0.2, 0) is 9.59 Å². The summed E-state index contributed by atoms with van der Waals surface area (Å²) in [5.41, 5.74) is 2.15. The lowest BCUT2D eigenvalue weighted by Crippen LogP contribution is -2.31. The molecule has 214 valence electrons. The van der Waals surface area contributed by atoms with Crippen molar-refractivity contribution in [2.75, 3.05) is 13.2 Å². The van der Waals surface area contributed by atoms with Crippen molar-refractivity contribution >= 4 is 11.6 Å². The number of hydrogen-bond donors (Lipinski definition) is 2. The summed E-state index contributed by atoms with van der Waals surface area (Å²) in [5.74, 6) is 0.863. The molecule has 0 amide bonds. The molecule has 0 saturated heterocycles. The van der Waals surface area contributed by atoms with Crippen molar-refractivity contribution in [1.82, 2.24) is 0 Å². The van der Waals surface area contributed by atoms with Crippen molar-refractivity contribution in [3.63, 3.8) is 0 Å². The van der Waals surface area contributed by atoms with E-state index in [-0.39, 0.29) is 47.7 Å². The van der Waals surface area contributed by atoms with Gasteiger partial charge in [0.25, 0.3) is 0 Å². The molecule has 0 bridgehead atoms. The highest BCUT2D eigenvalue weighted by molar-refractivity contribution is 5.92. The van der Waals surface area contributed by atoms with Crippen molar-refractivity contribution < 1.29 is 19.8 Å². The first-order chi connectivity index (χ1) is 18.1. The molecular formula is C34H54O4. The predicted octanol–water partition coefficient (Wildman–Crippen LogP) is 7.75. The third-order valence-electron chi connectivity index (χ3n) is 9.50. The molecule has 2 aliphatic carbocycles. The van der Waals surface area contributed by atoms with Gasteiger partial charge in [-0.3, -0.25) is 9.59 Å². The quantitative estimate of drug-likeness (QED) is 0.243. The molecule has 4 heteroatoms. The van der Waals surface area contributed by atoms with Crippen molar-refractivity contribution in [1.29, 1.82) is 0 Å². The summed E-state index contributed by atoms with van der Waals surface area (Å²) < 4.78 is 0. The molecule has 0 spiro atoms. The highest BCUT2D eigenvalue weighted by atomic mass is 16.3. The van der Waals surface area contributed by atoms with E-state index in [9.17, 15) is 19.8 Å². The number of unbranched alkanes of at least 4 members (excludes halogenated alkanes) is 2. The van der Waals surface area contributed by atoms with E-state index >= 15 is 0 Å². The van der Waals surface area contributed by atoms with Crippen LogP contribution in [0.1, 0.15) is 141 Å². The van der Waals surface area contributed by atoms with Crippen LogP contribution >= 0.6 is 0 Å². The lowest BCUT2D eigenvalue weighted by Gasteiger charge is -2.33. The van der Waals surface area contributed by atoms with Crippen LogP contribution in [-0.4, -0.2) is 35.0 Å². The van der Waals surface area contributed by atoms with Gasteiger partial charge in [-0.15, -0.1) is 0 Å². The second-order valence-corrected chi connectivity index (χ2v) is 13.9. The SMILES string of the molecule is CC(C)(CO)CCCCC1CCCC(c2ccccc2C2CCCC(CCCCC(C)(C)CO)C2=O)C1=O. The highest BCUT2D eigenvalue weighted by Gasteiger charge is 2.37. The Balaban J connectivity index is 1.63. The maximum absolute atomic E-state index is 13.7. The molecule has 4 nitrogen and oxygen atoms in total. The van der Waals surface area contributed by atoms with E-state index < -0.39 is 0 Å². The zero-order chi connectivity index (χ0) is 27.8. The minimum Gasteiger partial charge on any atom is -0.396 e. The minimum absolute atomic E-state index is 0.0432. The smallest absolute Gasteiger partial charge is 0.143 e. The lowest BCUT2D eigenvalue weighted by molar-refractivity contribution is -0.128. The zero-order valence-corrected chi connectivity index (χ0v) is 24.6. The van der Waals surface area contributed by atoms with Gasteiger partial charge in [-0.1, -0.05) is 90.5 Å². The van der Waals surface area contributed by atoms with Crippen molar-refractivity contribution in [3.05, 3.63) is 35.4 Å². The van der Waals surface area contributed by atoms with E-state index in [0.29, 0.717) is 11.6 Å². The summed E-state index contributed by atoms with van der Waals surface area (Å²) in [6.45, 7) is 8.80. The fraction of sp³-hybridized carbons (Fsp3) is 0.765. The fourth-order valence-electron chi connectivity index (χ4n) is 6.76. The largest absolute Gasteiger partial charge is 0.396 e. The lowest BCUT2D eigenvalue weighted by atomic mass is 9.69. The molecule has 2 N–H and O–H groups in total. The van der Waals surface area contributed by atoms with Crippen LogP contribution in [0.5, 0.6) is 0 Å². The van der Waals surface area contributed by atoms with E-state index in [1.165, 1.54) is 0 Å². The molecule has 0 heterocycles. The van der Waals surface area contributed by atoms with E-state index in [1.807, 2.05) is 12.1 Å². The summed E-state index contributed by atoms with van der Waals surface area (Å²) in [4.78, 5) is 27.4. The first kappa shape index (κ1) is 31.0. The Morgan fingerprint density at radius 3 is 1.42 bits per heavy atom. The van der Waals surface area contributed by atoms with Crippen LogP contribution in [0.4, 0.5) is 0 Å². The Kier molecular flexibility index (Phi) is 11.6. The fourth-order valence-corrected chi connectivity index (χ4v) is 6.76. The van der Waals surface area contributed by atoms with Gasteiger partial charge in [0.15, 0.2) is 0 Å². The maximum Gasteiger partial charge on any atom is 0.143 e. The van der Waals surface area contributed by atoms with Crippen LogP contribution in [0, 0.1) is 22.7 Å². The molecule has 0 aromatic heterocycles. The second kappa shape index (κ2) is 14.2. The molecular weight excluding hydrogens is 472 g/mol. The van der Waals surface area contributed by atoms with E-state index in [4.69, 9.17) is 0 Å². The van der Waals surface area contributed by atoms with Gasteiger partial charge in [0.05, 0.1) is 0 Å². The van der Waals surface area contributed by atoms with Crippen molar-refractivity contribution in [2.45, 2.75) is 129 Å². The second-order valence-electron chi connectivity index (χ2n) is 13.9. The van der Waals surface area contributed by atoms with Gasteiger partial charge in [0.2, 0.25) is 0 Å².